The van der Waals surface area contributed by atoms with Crippen LogP contribution >= 0.6 is 34.8 Å². The average molecular weight is 996 g/mol. The van der Waals surface area contributed by atoms with E-state index in [0.717, 1.165) is 0 Å². The number of halogens is 23. The summed E-state index contributed by atoms with van der Waals surface area (Å²) in [4.78, 5) is 16.0. The number of rotatable bonds is 7. The highest BCUT2D eigenvalue weighted by molar-refractivity contribution is 7.20. The van der Waals surface area contributed by atoms with Gasteiger partial charge in [0.15, 0.2) is 87.9 Å². The first-order chi connectivity index (χ1) is 29.7. The summed E-state index contributed by atoms with van der Waals surface area (Å²) in [6.07, 6.45) is -2.52. The number of aromatic nitrogens is 2. The van der Waals surface area contributed by atoms with Gasteiger partial charge in [-0.3, -0.25) is 4.79 Å². The highest BCUT2D eigenvalue weighted by atomic mass is 35.6. The van der Waals surface area contributed by atoms with E-state index in [9.17, 15) is 57.5 Å². The molecule has 5 aromatic carbocycles. The summed E-state index contributed by atoms with van der Waals surface area (Å²) in [5, 5.41) is 0. The Hall–Kier alpha value is -5.62. The Morgan fingerprint density at radius 3 is 0.984 bits per heavy atom. The first-order valence-electron chi connectivity index (χ1n) is 16.4. The van der Waals surface area contributed by atoms with Gasteiger partial charge >= 0.3 is 0 Å². The van der Waals surface area contributed by atoms with E-state index >= 15 is 35.1 Å². The SMILES string of the molecule is Fc1c(F)c(F)c([B-](c2c(F)c(F)c(F)c(F)c2F)(c2c(F)c(F)c(F)c(F)c2F)c2c(F)c(F)c(F)c(F)c2F)c(F)c1F.O=C(C[n+]1ccnc(C(Cl)(Cl)Cl)c1)c1ccccc1. The normalized spacial score (nSPS) is 11.8. The molecule has 0 spiro atoms. The maximum Gasteiger partial charge on any atom is 0.238 e. The standard InChI is InChI=1S/C24BF20.C13H10Cl3N2O/c26-5-1(6(27)14(35)21(42)13(5)34)25(2-7(28)15(36)22(43)16(37)8(2)29,3-9(30)17(38)23(44)18(39)10(3)31)4-11(32)19(40)24(45)20(41)12(4)33;14-13(15,16)12-9-18(7-6-17-12)8-11(19)10-4-2-1-3-5-10/h;1-7,9H,8H2/q-1;+1. The first-order valence-corrected chi connectivity index (χ1v) is 17.5. The van der Waals surface area contributed by atoms with Gasteiger partial charge in [0, 0.05) is 5.56 Å². The number of hydrogen-bond acceptors (Lipinski definition) is 2. The van der Waals surface area contributed by atoms with Gasteiger partial charge in [0.25, 0.3) is 0 Å². The summed E-state index contributed by atoms with van der Waals surface area (Å²) in [6, 6.07) is 9.02. The second-order valence-electron chi connectivity index (χ2n) is 12.7. The molecular weight excluding hydrogens is 986 g/mol. The summed E-state index contributed by atoms with van der Waals surface area (Å²) in [7, 11) is 0. The minimum atomic E-state index is -7.22. The van der Waals surface area contributed by atoms with Crippen LogP contribution in [0.5, 0.6) is 0 Å². The minimum absolute atomic E-state index is 0.0212. The Labute approximate surface area is 357 Å². The lowest BCUT2D eigenvalue weighted by Gasteiger charge is -2.44. The van der Waals surface area contributed by atoms with Crippen LogP contribution in [-0.4, -0.2) is 16.9 Å². The largest absolute Gasteiger partial charge is 0.287 e. The molecule has 0 aliphatic heterocycles. The summed E-state index contributed by atoms with van der Waals surface area (Å²) >= 11 is 17.3. The zero-order valence-electron chi connectivity index (χ0n) is 29.9. The van der Waals surface area contributed by atoms with Crippen molar-refractivity contribution >= 4 is 68.6 Å². The van der Waals surface area contributed by atoms with Crippen LogP contribution in [0.15, 0.2) is 48.9 Å². The second kappa shape index (κ2) is 18.1. The third-order valence-electron chi connectivity index (χ3n) is 9.18. The molecule has 6 rings (SSSR count). The van der Waals surface area contributed by atoms with E-state index in [1.807, 2.05) is 18.2 Å². The molecule has 0 unspecified atom stereocenters. The predicted octanol–water partition coefficient (Wildman–Crippen LogP) is 8.92. The van der Waals surface area contributed by atoms with E-state index in [0.29, 0.717) is 5.56 Å². The molecular formula is C37H10BCl3F20N2O. The molecule has 1 aromatic heterocycles. The lowest BCUT2D eigenvalue weighted by Crippen LogP contribution is -2.81. The molecule has 64 heavy (non-hydrogen) atoms. The van der Waals surface area contributed by atoms with E-state index in [4.69, 9.17) is 34.8 Å². The van der Waals surface area contributed by atoms with Crippen molar-refractivity contribution in [3.63, 3.8) is 0 Å². The molecule has 6 aromatic rings. The first kappa shape index (κ1) is 49.4. The zero-order valence-corrected chi connectivity index (χ0v) is 32.2. The molecule has 338 valence electrons. The van der Waals surface area contributed by atoms with Crippen LogP contribution in [0.3, 0.4) is 0 Å². The maximum atomic E-state index is 15.4. The molecule has 1 heterocycles. The molecule has 0 bridgehead atoms. The van der Waals surface area contributed by atoms with Gasteiger partial charge in [0.05, 0.1) is 6.20 Å². The van der Waals surface area contributed by atoms with Gasteiger partial charge in [-0.25, -0.2) is 92.8 Å². The van der Waals surface area contributed by atoms with Crippen LogP contribution in [0.25, 0.3) is 0 Å². The van der Waals surface area contributed by atoms with Gasteiger partial charge in [-0.05, 0) is 0 Å². The van der Waals surface area contributed by atoms with Crippen molar-refractivity contribution in [2.24, 2.45) is 0 Å². The van der Waals surface area contributed by atoms with E-state index in [-0.39, 0.29) is 18.0 Å². The van der Waals surface area contributed by atoms with Crippen LogP contribution in [0, 0.1) is 116 Å². The van der Waals surface area contributed by atoms with Gasteiger partial charge in [-0.15, -0.1) is 21.9 Å². The number of Topliss-reactive ketones (excluding diaryl/α,β-unsaturated/α-hetero) is 1. The van der Waals surface area contributed by atoms with Crippen molar-refractivity contribution in [3.05, 3.63) is 177 Å². The molecule has 3 nitrogen and oxygen atoms in total. The number of carbonyl (C=O) groups is 1. The Morgan fingerprint density at radius 1 is 0.453 bits per heavy atom. The number of benzene rings is 5. The average Bonchev–Trinajstić information content (AvgIpc) is 3.26. The minimum Gasteiger partial charge on any atom is -0.287 e. The lowest BCUT2D eigenvalue weighted by molar-refractivity contribution is -0.684. The van der Waals surface area contributed by atoms with Gasteiger partial charge < -0.3 is 0 Å². The van der Waals surface area contributed by atoms with Crippen molar-refractivity contribution < 1.29 is 97.2 Å². The van der Waals surface area contributed by atoms with Crippen molar-refractivity contribution in [3.8, 4) is 0 Å². The molecule has 0 saturated carbocycles. The summed E-state index contributed by atoms with van der Waals surface area (Å²) < 4.78 is 294. The molecule has 0 aliphatic carbocycles. The van der Waals surface area contributed by atoms with Crippen LogP contribution in [0.1, 0.15) is 16.1 Å². The Bertz CT molecular complexity index is 2500. The fourth-order valence-electron chi connectivity index (χ4n) is 6.43. The Morgan fingerprint density at radius 2 is 0.719 bits per heavy atom. The van der Waals surface area contributed by atoms with Crippen LogP contribution in [0.2, 0.25) is 0 Å². The molecule has 27 heteroatoms. The fourth-order valence-corrected chi connectivity index (χ4v) is 6.73. The number of ketones is 1. The molecule has 0 N–H and O–H groups in total. The smallest absolute Gasteiger partial charge is 0.238 e. The quantitative estimate of drug-likeness (QED) is 0.0305. The van der Waals surface area contributed by atoms with Crippen LogP contribution < -0.4 is 26.4 Å². The number of hydrogen-bond donors (Lipinski definition) is 0. The van der Waals surface area contributed by atoms with Crippen molar-refractivity contribution in [2.75, 3.05) is 0 Å². The summed E-state index contributed by atoms with van der Waals surface area (Å²) in [5.74, 6) is -71.4. The maximum absolute atomic E-state index is 15.4. The lowest BCUT2D eigenvalue weighted by atomic mass is 9.12. The number of alkyl halides is 3. The number of nitrogens with zero attached hydrogens (tertiary/aromatic N) is 2. The second-order valence-corrected chi connectivity index (χ2v) is 15.0. The van der Waals surface area contributed by atoms with E-state index < -0.39 is 148 Å². The Kier molecular flexibility index (Phi) is 14.0. The van der Waals surface area contributed by atoms with Crippen molar-refractivity contribution in [1.29, 1.82) is 0 Å². The topological polar surface area (TPSA) is 33.8 Å². The molecule has 0 radical (unpaired) electrons. The van der Waals surface area contributed by atoms with Crippen LogP contribution in [0.4, 0.5) is 87.8 Å². The highest BCUT2D eigenvalue weighted by Gasteiger charge is 2.52. The van der Waals surface area contributed by atoms with E-state index in [1.54, 1.807) is 29.1 Å². The van der Waals surface area contributed by atoms with Gasteiger partial charge in [0.2, 0.25) is 16.1 Å². The molecule has 0 atom stereocenters. The monoisotopic (exact) mass is 994 g/mol. The summed E-state index contributed by atoms with van der Waals surface area (Å²) in [5.41, 5.74) is -13.4. The Balaban J connectivity index is 0.000000337. The van der Waals surface area contributed by atoms with Crippen molar-refractivity contribution in [1.82, 2.24) is 4.98 Å². The highest BCUT2D eigenvalue weighted by Crippen LogP contribution is 2.36. The third kappa shape index (κ3) is 8.07. The van der Waals surface area contributed by atoms with Gasteiger partial charge in [0.1, 0.15) is 52.7 Å². The van der Waals surface area contributed by atoms with Crippen LogP contribution in [-0.2, 0) is 10.3 Å². The molecule has 0 aliphatic rings. The van der Waals surface area contributed by atoms with E-state index in [2.05, 4.69) is 4.98 Å². The zero-order chi connectivity index (χ0) is 48.2. The molecule has 0 saturated heterocycles. The summed E-state index contributed by atoms with van der Waals surface area (Å²) in [6.45, 7) is 0.167. The van der Waals surface area contributed by atoms with Crippen molar-refractivity contribution in [2.45, 2.75) is 10.3 Å². The van der Waals surface area contributed by atoms with E-state index in [1.165, 1.54) is 6.20 Å². The molecule has 0 amide bonds. The van der Waals surface area contributed by atoms with Gasteiger partial charge in [-0.2, -0.15) is 4.57 Å². The third-order valence-corrected chi connectivity index (χ3v) is 9.76. The predicted molar refractivity (Wildman–Crippen MR) is 184 cm³/mol. The van der Waals surface area contributed by atoms with Gasteiger partial charge in [-0.1, -0.05) is 65.1 Å². The molecule has 0 fully saturated rings. The number of carbonyl (C=O) groups excluding carboxylic acids is 1. The fraction of sp³-hybridized carbons (Fsp3) is 0.0541.